The molecule has 7 heteroatoms. The molecule has 0 fully saturated rings. The number of benzene rings is 1. The van der Waals surface area contributed by atoms with Gasteiger partial charge in [0.15, 0.2) is 0 Å². The topological polar surface area (TPSA) is 90.7 Å². The minimum absolute atomic E-state index is 0.135. The zero-order chi connectivity index (χ0) is 18.6. The van der Waals surface area contributed by atoms with Crippen molar-refractivity contribution in [2.75, 3.05) is 6.61 Å². The number of nitrogens with zero attached hydrogens (tertiary/aromatic N) is 1. The predicted molar refractivity (Wildman–Crippen MR) is 96.6 cm³/mol. The number of allylic oxidation sites excluding steroid dienone is 1. The number of carbonyl (C=O) groups excluding carboxylic acids is 1. The molecule has 1 aliphatic heterocycles. The molecule has 0 radical (unpaired) electrons. The normalized spacial score (nSPS) is 19.1. The quantitative estimate of drug-likeness (QED) is 0.782. The zero-order valence-electron chi connectivity index (χ0n) is 14.2. The molecule has 25 heavy (non-hydrogen) atoms. The van der Waals surface area contributed by atoms with Crippen molar-refractivity contribution in [2.24, 2.45) is 16.5 Å². The van der Waals surface area contributed by atoms with Gasteiger partial charge in [-0.05, 0) is 25.5 Å². The van der Waals surface area contributed by atoms with E-state index in [-0.39, 0.29) is 28.6 Å². The highest BCUT2D eigenvalue weighted by Crippen LogP contribution is 2.42. The molecule has 1 unspecified atom stereocenters. The summed E-state index contributed by atoms with van der Waals surface area (Å²) < 4.78 is 19.8. The summed E-state index contributed by atoms with van der Waals surface area (Å²) in [6.07, 6.45) is 2.46. The van der Waals surface area contributed by atoms with E-state index in [9.17, 15) is 9.18 Å². The maximum atomic E-state index is 14.6. The van der Waals surface area contributed by atoms with Crippen LogP contribution in [0.1, 0.15) is 38.2 Å². The SMILES string of the molecule is CCCC1=C(C(=O)OCC)C(c2c(F)cccc2Cl)/C(=C/N)C(N)=N1. The zero-order valence-corrected chi connectivity index (χ0v) is 14.9. The van der Waals surface area contributed by atoms with Gasteiger partial charge in [-0.1, -0.05) is 31.0 Å². The van der Waals surface area contributed by atoms with Crippen LogP contribution in [0.25, 0.3) is 0 Å². The Morgan fingerprint density at radius 1 is 1.44 bits per heavy atom. The van der Waals surface area contributed by atoms with Crippen molar-refractivity contribution in [3.63, 3.8) is 0 Å². The van der Waals surface area contributed by atoms with Gasteiger partial charge in [0.25, 0.3) is 0 Å². The van der Waals surface area contributed by atoms with Crippen molar-refractivity contribution in [2.45, 2.75) is 32.6 Å². The Hall–Kier alpha value is -2.34. The van der Waals surface area contributed by atoms with Crippen LogP contribution in [0.15, 0.2) is 46.2 Å². The second-order valence-corrected chi connectivity index (χ2v) is 5.93. The molecule has 1 heterocycles. The highest BCUT2D eigenvalue weighted by Gasteiger charge is 2.37. The summed E-state index contributed by atoms with van der Waals surface area (Å²) in [5, 5.41) is 0.177. The first kappa shape index (κ1) is 19.0. The van der Waals surface area contributed by atoms with Gasteiger partial charge in [-0.2, -0.15) is 0 Å². The number of nitrogens with two attached hydrogens (primary N) is 2. The van der Waals surface area contributed by atoms with Gasteiger partial charge in [0.05, 0.1) is 23.8 Å². The molecule has 1 aromatic rings. The fourth-order valence-electron chi connectivity index (χ4n) is 2.88. The van der Waals surface area contributed by atoms with E-state index in [0.717, 1.165) is 6.42 Å². The van der Waals surface area contributed by atoms with Crippen molar-refractivity contribution in [1.82, 2.24) is 0 Å². The largest absolute Gasteiger partial charge is 0.463 e. The van der Waals surface area contributed by atoms with Crippen LogP contribution in [0, 0.1) is 5.82 Å². The van der Waals surface area contributed by atoms with E-state index in [0.29, 0.717) is 17.7 Å². The standard InChI is InChI=1S/C18H21ClFN3O2/c1-3-6-13-16(18(24)25-4-2)14(10(9-21)17(22)23-13)15-11(19)7-5-8-12(15)20/h5,7-9,14H,3-4,6,21H2,1-2H3,(H2,22,23)/b10-9-. The number of aliphatic imine (C=N–C) groups is 1. The second kappa shape index (κ2) is 8.16. The van der Waals surface area contributed by atoms with E-state index in [1.807, 2.05) is 6.92 Å². The van der Waals surface area contributed by atoms with E-state index in [4.69, 9.17) is 27.8 Å². The lowest BCUT2D eigenvalue weighted by molar-refractivity contribution is -0.138. The number of carbonyl (C=O) groups is 1. The Balaban J connectivity index is 2.78. The Bertz CT molecular complexity index is 751. The Labute approximate surface area is 151 Å². The first-order valence-corrected chi connectivity index (χ1v) is 8.44. The minimum Gasteiger partial charge on any atom is -0.463 e. The summed E-state index contributed by atoms with van der Waals surface area (Å²) in [6, 6.07) is 4.33. The number of esters is 1. The number of ether oxygens (including phenoxy) is 1. The van der Waals surface area contributed by atoms with Gasteiger partial charge in [0.1, 0.15) is 11.7 Å². The molecule has 0 amide bonds. The highest BCUT2D eigenvalue weighted by molar-refractivity contribution is 6.31. The summed E-state index contributed by atoms with van der Waals surface area (Å²) in [5.74, 6) is -1.85. The minimum atomic E-state index is -0.864. The molecule has 2 rings (SSSR count). The van der Waals surface area contributed by atoms with Crippen molar-refractivity contribution < 1.29 is 13.9 Å². The van der Waals surface area contributed by atoms with E-state index in [1.54, 1.807) is 13.0 Å². The van der Waals surface area contributed by atoms with Crippen molar-refractivity contribution in [1.29, 1.82) is 0 Å². The van der Waals surface area contributed by atoms with Gasteiger partial charge in [-0.3, -0.25) is 0 Å². The van der Waals surface area contributed by atoms with Crippen LogP contribution >= 0.6 is 11.6 Å². The Morgan fingerprint density at radius 3 is 2.72 bits per heavy atom. The molecule has 0 spiro atoms. The lowest BCUT2D eigenvalue weighted by Crippen LogP contribution is -2.31. The van der Waals surface area contributed by atoms with Gasteiger partial charge >= 0.3 is 5.97 Å². The van der Waals surface area contributed by atoms with Crippen LogP contribution in [0.4, 0.5) is 4.39 Å². The molecule has 4 N–H and O–H groups in total. The van der Waals surface area contributed by atoms with Crippen LogP contribution in [-0.4, -0.2) is 18.4 Å². The van der Waals surface area contributed by atoms with Gasteiger partial charge in [-0.25, -0.2) is 14.2 Å². The van der Waals surface area contributed by atoms with Crippen LogP contribution in [0.2, 0.25) is 5.02 Å². The molecule has 0 saturated heterocycles. The van der Waals surface area contributed by atoms with E-state index < -0.39 is 17.7 Å². The molecule has 1 aliphatic rings. The summed E-state index contributed by atoms with van der Waals surface area (Å²) >= 11 is 6.24. The van der Waals surface area contributed by atoms with Gasteiger partial charge in [0.2, 0.25) is 0 Å². The average molecular weight is 366 g/mol. The summed E-state index contributed by atoms with van der Waals surface area (Å²) in [4.78, 5) is 16.9. The van der Waals surface area contributed by atoms with Crippen molar-refractivity contribution in [3.05, 3.63) is 57.6 Å². The van der Waals surface area contributed by atoms with Crippen molar-refractivity contribution in [3.8, 4) is 0 Å². The summed E-state index contributed by atoms with van der Waals surface area (Å²) in [7, 11) is 0. The highest BCUT2D eigenvalue weighted by atomic mass is 35.5. The molecule has 0 bridgehead atoms. The number of hydrogen-bond donors (Lipinski definition) is 2. The molecule has 1 atom stereocenters. The van der Waals surface area contributed by atoms with Gasteiger partial charge < -0.3 is 16.2 Å². The first-order valence-electron chi connectivity index (χ1n) is 8.06. The second-order valence-electron chi connectivity index (χ2n) is 5.52. The number of rotatable bonds is 5. The maximum absolute atomic E-state index is 14.6. The number of amidine groups is 1. The van der Waals surface area contributed by atoms with Crippen molar-refractivity contribution >= 4 is 23.4 Å². The van der Waals surface area contributed by atoms with E-state index in [1.165, 1.54) is 18.3 Å². The number of halogens is 2. The fraction of sp³-hybridized carbons (Fsp3) is 0.333. The first-order chi connectivity index (χ1) is 12.0. The third kappa shape index (κ3) is 3.69. The molecule has 1 aromatic carbocycles. The molecule has 0 aliphatic carbocycles. The lowest BCUT2D eigenvalue weighted by Gasteiger charge is -2.28. The lowest BCUT2D eigenvalue weighted by atomic mass is 9.80. The molecular weight excluding hydrogens is 345 g/mol. The molecule has 134 valence electrons. The Kier molecular flexibility index (Phi) is 6.20. The average Bonchev–Trinajstić information content (AvgIpc) is 2.55. The smallest absolute Gasteiger partial charge is 0.336 e. The number of hydrogen-bond acceptors (Lipinski definition) is 5. The molecule has 0 aromatic heterocycles. The van der Waals surface area contributed by atoms with Crippen LogP contribution in [-0.2, 0) is 9.53 Å². The van der Waals surface area contributed by atoms with Crippen LogP contribution in [0.3, 0.4) is 0 Å². The van der Waals surface area contributed by atoms with Gasteiger partial charge in [0, 0.05) is 22.4 Å². The third-order valence-corrected chi connectivity index (χ3v) is 4.24. The van der Waals surface area contributed by atoms with Crippen LogP contribution < -0.4 is 11.5 Å². The maximum Gasteiger partial charge on any atom is 0.336 e. The Morgan fingerprint density at radius 2 is 2.16 bits per heavy atom. The molecular formula is C18H21ClFN3O2. The fourth-order valence-corrected chi connectivity index (χ4v) is 3.15. The summed E-state index contributed by atoms with van der Waals surface area (Å²) in [6.45, 7) is 3.82. The third-order valence-electron chi connectivity index (χ3n) is 3.91. The predicted octanol–water partition coefficient (Wildman–Crippen LogP) is 3.39. The van der Waals surface area contributed by atoms with E-state index in [2.05, 4.69) is 4.99 Å². The molecule has 5 nitrogen and oxygen atoms in total. The summed E-state index contributed by atoms with van der Waals surface area (Å²) in [5.41, 5.74) is 12.9. The van der Waals surface area contributed by atoms with Gasteiger partial charge in [-0.15, -0.1) is 0 Å². The monoisotopic (exact) mass is 365 g/mol. The van der Waals surface area contributed by atoms with E-state index >= 15 is 0 Å². The van der Waals surface area contributed by atoms with Crippen LogP contribution in [0.5, 0.6) is 0 Å². The molecule has 0 saturated carbocycles.